The van der Waals surface area contributed by atoms with Crippen LogP contribution >= 0.6 is 11.3 Å². The number of rotatable bonds is 17. The fourth-order valence-corrected chi connectivity index (χ4v) is 5.34. The molecule has 0 aliphatic heterocycles. The first-order chi connectivity index (χ1) is 19.9. The minimum absolute atomic E-state index is 0.0113. The van der Waals surface area contributed by atoms with Crippen molar-refractivity contribution in [1.29, 1.82) is 0 Å². The van der Waals surface area contributed by atoms with Crippen LogP contribution in [0.2, 0.25) is 0 Å². The van der Waals surface area contributed by atoms with Crippen molar-refractivity contribution in [2.24, 2.45) is 0 Å². The zero-order valence-corrected chi connectivity index (χ0v) is 25.6. The van der Waals surface area contributed by atoms with Gasteiger partial charge in [-0.1, -0.05) is 18.2 Å². The highest BCUT2D eigenvalue weighted by Gasteiger charge is 2.22. The Morgan fingerprint density at radius 3 is 2.17 bits per heavy atom. The summed E-state index contributed by atoms with van der Waals surface area (Å²) < 4.78 is 21.6. The molecule has 0 unspecified atom stereocenters. The number of thiophene rings is 1. The molecule has 0 spiro atoms. The number of ether oxygens (including phenoxy) is 4. The van der Waals surface area contributed by atoms with Gasteiger partial charge in [0.15, 0.2) is 11.5 Å². The number of carbonyl (C=O) groups is 2. The van der Waals surface area contributed by atoms with Crippen LogP contribution in [0, 0.1) is 6.92 Å². The van der Waals surface area contributed by atoms with Gasteiger partial charge in [-0.25, -0.2) is 0 Å². The normalized spacial score (nSPS) is 10.8. The van der Waals surface area contributed by atoms with Gasteiger partial charge in [0.05, 0.1) is 40.8 Å². The van der Waals surface area contributed by atoms with E-state index in [2.05, 4.69) is 19.1 Å². The lowest BCUT2D eigenvalue weighted by Gasteiger charge is -2.28. The van der Waals surface area contributed by atoms with E-state index in [0.29, 0.717) is 57.2 Å². The van der Waals surface area contributed by atoms with Gasteiger partial charge in [0.25, 0.3) is 0 Å². The molecule has 9 heteroatoms. The van der Waals surface area contributed by atoms with Gasteiger partial charge < -0.3 is 28.7 Å². The highest BCUT2D eigenvalue weighted by Crippen LogP contribution is 2.28. The molecule has 0 aliphatic carbocycles. The Bertz CT molecular complexity index is 1240. The highest BCUT2D eigenvalue weighted by atomic mass is 32.1. The van der Waals surface area contributed by atoms with Crippen molar-refractivity contribution >= 4 is 23.2 Å². The Morgan fingerprint density at radius 2 is 1.54 bits per heavy atom. The molecule has 1 heterocycles. The van der Waals surface area contributed by atoms with Gasteiger partial charge in [0.2, 0.25) is 11.8 Å². The first-order valence-corrected chi connectivity index (χ1v) is 14.7. The van der Waals surface area contributed by atoms with E-state index in [0.717, 1.165) is 21.8 Å². The molecule has 0 saturated heterocycles. The van der Waals surface area contributed by atoms with Crippen LogP contribution in [-0.4, -0.2) is 75.8 Å². The molecular formula is C32H42N2O6S. The van der Waals surface area contributed by atoms with Crippen molar-refractivity contribution in [2.45, 2.75) is 39.7 Å². The van der Waals surface area contributed by atoms with E-state index < -0.39 is 0 Å². The molecule has 41 heavy (non-hydrogen) atoms. The van der Waals surface area contributed by atoms with Gasteiger partial charge in [0.1, 0.15) is 5.75 Å². The van der Waals surface area contributed by atoms with Gasteiger partial charge in [0, 0.05) is 36.1 Å². The Kier molecular flexibility index (Phi) is 13.0. The molecule has 0 radical (unpaired) electrons. The third kappa shape index (κ3) is 10.1. The average Bonchev–Trinajstić information content (AvgIpc) is 3.41. The lowest BCUT2D eigenvalue weighted by molar-refractivity contribution is -0.140. The topological polar surface area (TPSA) is 77.5 Å². The molecule has 0 fully saturated rings. The van der Waals surface area contributed by atoms with Gasteiger partial charge in [-0.3, -0.25) is 9.59 Å². The summed E-state index contributed by atoms with van der Waals surface area (Å²) >= 11 is 1.68. The zero-order chi connectivity index (χ0) is 29.6. The maximum Gasteiger partial charge on any atom is 0.242 e. The Hall–Kier alpha value is -3.56. The van der Waals surface area contributed by atoms with Crippen molar-refractivity contribution in [2.75, 3.05) is 54.2 Å². The van der Waals surface area contributed by atoms with Crippen LogP contribution in [0.5, 0.6) is 17.2 Å². The van der Waals surface area contributed by atoms with E-state index in [9.17, 15) is 9.59 Å². The first-order valence-electron chi connectivity index (χ1n) is 13.9. The Morgan fingerprint density at radius 1 is 0.805 bits per heavy atom. The average molecular weight is 583 g/mol. The summed E-state index contributed by atoms with van der Waals surface area (Å²) in [6.07, 6.45) is 1.51. The van der Waals surface area contributed by atoms with Crippen LogP contribution in [0.4, 0.5) is 0 Å². The first kappa shape index (κ1) is 32.0. The number of amides is 2. The van der Waals surface area contributed by atoms with Crippen LogP contribution in [-0.2, 0) is 33.7 Å². The number of aryl methyl sites for hydroxylation is 1. The molecular weight excluding hydrogens is 540 g/mol. The Labute approximate surface area is 247 Å². The third-order valence-corrected chi connectivity index (χ3v) is 7.71. The van der Waals surface area contributed by atoms with E-state index in [4.69, 9.17) is 18.9 Å². The van der Waals surface area contributed by atoms with E-state index in [1.54, 1.807) is 37.6 Å². The minimum Gasteiger partial charge on any atom is -0.497 e. The molecule has 0 atom stereocenters. The van der Waals surface area contributed by atoms with E-state index in [1.807, 2.05) is 54.3 Å². The van der Waals surface area contributed by atoms with Gasteiger partial charge in [-0.05, 0) is 74.2 Å². The lowest BCUT2D eigenvalue weighted by atomic mass is 10.1. The van der Waals surface area contributed by atoms with E-state index in [-0.39, 0.29) is 24.8 Å². The quantitative estimate of drug-likeness (QED) is 0.205. The second-order valence-corrected chi connectivity index (χ2v) is 11.0. The van der Waals surface area contributed by atoms with Gasteiger partial charge in [-0.2, -0.15) is 0 Å². The molecule has 222 valence electrons. The molecule has 2 aromatic carbocycles. The van der Waals surface area contributed by atoms with Gasteiger partial charge >= 0.3 is 0 Å². The van der Waals surface area contributed by atoms with Crippen LogP contribution in [0.25, 0.3) is 0 Å². The number of benzene rings is 2. The summed E-state index contributed by atoms with van der Waals surface area (Å²) in [7, 11) is 4.83. The zero-order valence-electron chi connectivity index (χ0n) is 24.8. The summed E-state index contributed by atoms with van der Waals surface area (Å²) in [4.78, 5) is 33.0. The summed E-state index contributed by atoms with van der Waals surface area (Å²) in [5.74, 6) is 1.87. The number of hydrogen-bond donors (Lipinski definition) is 0. The molecule has 2 amide bonds. The van der Waals surface area contributed by atoms with Crippen LogP contribution in [0.15, 0.2) is 54.6 Å². The molecule has 3 rings (SSSR count). The summed E-state index contributed by atoms with van der Waals surface area (Å²) in [6, 6.07) is 17.4. The number of hydrogen-bond acceptors (Lipinski definition) is 7. The molecule has 8 nitrogen and oxygen atoms in total. The van der Waals surface area contributed by atoms with E-state index >= 15 is 0 Å². The maximum absolute atomic E-state index is 13.8. The fraction of sp³-hybridized carbons (Fsp3) is 0.438. The maximum atomic E-state index is 13.8. The summed E-state index contributed by atoms with van der Waals surface area (Å²) in [5, 5.41) is 0. The molecule has 1 aromatic heterocycles. The third-order valence-electron chi connectivity index (χ3n) is 6.73. The van der Waals surface area contributed by atoms with E-state index in [1.165, 1.54) is 4.88 Å². The van der Waals surface area contributed by atoms with Crippen molar-refractivity contribution in [3.8, 4) is 17.2 Å². The standard InChI is InChI=1S/C32H42N2O6S/c1-6-40-19-7-17-33(31(35)21-25-9-12-27(37-3)13-10-25)23-32(36)34(22-28-14-8-24(2)41-28)18-16-26-11-15-29(38-4)30(20-26)39-5/h8-15,20H,6-7,16-19,21-23H2,1-5H3. The summed E-state index contributed by atoms with van der Waals surface area (Å²) in [6.45, 7) is 6.60. The smallest absolute Gasteiger partial charge is 0.242 e. The minimum atomic E-state index is -0.0909. The Balaban J connectivity index is 1.75. The summed E-state index contributed by atoms with van der Waals surface area (Å²) in [5.41, 5.74) is 1.91. The lowest BCUT2D eigenvalue weighted by Crippen LogP contribution is -2.44. The van der Waals surface area contributed by atoms with Crippen LogP contribution < -0.4 is 14.2 Å². The SMILES string of the molecule is CCOCCCN(CC(=O)N(CCc1ccc(OC)c(OC)c1)Cc1ccc(C)s1)C(=O)Cc1ccc(OC)cc1. The monoisotopic (exact) mass is 582 g/mol. The van der Waals surface area contributed by atoms with Crippen molar-refractivity contribution in [3.63, 3.8) is 0 Å². The second kappa shape index (κ2) is 16.6. The number of carbonyl (C=O) groups excluding carboxylic acids is 2. The van der Waals surface area contributed by atoms with Crippen LogP contribution in [0.1, 0.15) is 34.2 Å². The molecule has 0 saturated carbocycles. The highest BCUT2D eigenvalue weighted by molar-refractivity contribution is 7.11. The molecule has 0 N–H and O–H groups in total. The van der Waals surface area contributed by atoms with Crippen LogP contribution in [0.3, 0.4) is 0 Å². The van der Waals surface area contributed by atoms with Crippen molar-refractivity contribution in [3.05, 3.63) is 75.5 Å². The predicted molar refractivity (Wildman–Crippen MR) is 162 cm³/mol. The van der Waals surface area contributed by atoms with Crippen molar-refractivity contribution < 1.29 is 28.5 Å². The molecule has 0 aliphatic rings. The fourth-order valence-electron chi connectivity index (χ4n) is 4.44. The largest absolute Gasteiger partial charge is 0.497 e. The second-order valence-electron chi connectivity index (χ2n) is 9.66. The number of methoxy groups -OCH3 is 3. The van der Waals surface area contributed by atoms with Gasteiger partial charge in [-0.15, -0.1) is 11.3 Å². The molecule has 3 aromatic rings. The predicted octanol–water partition coefficient (Wildman–Crippen LogP) is 5.15. The number of nitrogens with zero attached hydrogens (tertiary/aromatic N) is 2. The molecule has 0 bridgehead atoms. The van der Waals surface area contributed by atoms with Crippen molar-refractivity contribution in [1.82, 2.24) is 9.80 Å².